The first-order valence-electron chi connectivity index (χ1n) is 14.5. The normalized spacial score (nSPS) is 12.3. The zero-order valence-electron chi connectivity index (χ0n) is 25.5. The maximum absolute atomic E-state index is 2.50. The molecule has 0 spiro atoms. The van der Waals surface area contributed by atoms with Crippen molar-refractivity contribution in [3.63, 3.8) is 0 Å². The van der Waals surface area contributed by atoms with E-state index in [4.69, 9.17) is 0 Å². The topological polar surface area (TPSA) is 0 Å². The molecular weight excluding hydrogens is 551 g/mol. The molecule has 197 valence electrons. The van der Waals surface area contributed by atoms with Crippen molar-refractivity contribution in [1.82, 2.24) is 0 Å². The molecule has 0 aliphatic carbocycles. The standard InChI is InChI=1S/C36H49.Sn/c1-21(2)29-17-31(23(5)6)35(32(18-29)24(7)8)27-14-13-15-28(16-27)36-33(25(9)10)19-30(22(3)4)20-34(36)26(11)12;/h13-15,17-26H,1-12H3;. The van der Waals surface area contributed by atoms with Crippen molar-refractivity contribution in [2.45, 2.75) is 119 Å². The Balaban J connectivity index is 2.44. The summed E-state index contributed by atoms with van der Waals surface area (Å²) in [5, 5.41) is 0. The molecular formula is C36H49Sn. The second kappa shape index (κ2) is 12.1. The molecule has 0 N–H and O–H groups in total. The average molecular weight is 600 g/mol. The Labute approximate surface area is 241 Å². The van der Waals surface area contributed by atoms with E-state index in [0.717, 1.165) is 0 Å². The van der Waals surface area contributed by atoms with Crippen molar-refractivity contribution in [2.24, 2.45) is 0 Å². The molecule has 3 aromatic carbocycles. The predicted octanol–water partition coefficient (Wildman–Crippen LogP) is 10.6. The molecule has 3 rings (SSSR count). The van der Waals surface area contributed by atoms with Gasteiger partial charge in [-0.2, -0.15) is 0 Å². The van der Waals surface area contributed by atoms with Gasteiger partial charge in [-0.1, -0.05) is 0 Å². The van der Waals surface area contributed by atoms with Crippen LogP contribution in [0.25, 0.3) is 22.3 Å². The van der Waals surface area contributed by atoms with Crippen LogP contribution < -0.4 is 3.58 Å². The summed E-state index contributed by atoms with van der Waals surface area (Å²) in [6.45, 7) is 28.2. The summed E-state index contributed by atoms with van der Waals surface area (Å²) in [6, 6.07) is 17.1. The van der Waals surface area contributed by atoms with Gasteiger partial charge in [0.1, 0.15) is 0 Å². The number of hydrogen-bond donors (Lipinski definition) is 0. The van der Waals surface area contributed by atoms with E-state index in [-0.39, 0.29) is 0 Å². The van der Waals surface area contributed by atoms with Gasteiger partial charge in [-0.05, 0) is 0 Å². The summed E-state index contributed by atoms with van der Waals surface area (Å²) in [7, 11) is 0. The van der Waals surface area contributed by atoms with Crippen LogP contribution in [0.3, 0.4) is 0 Å². The first-order valence-corrected chi connectivity index (χ1v) is 15.9. The van der Waals surface area contributed by atoms with Crippen LogP contribution in [0.4, 0.5) is 0 Å². The van der Waals surface area contributed by atoms with Gasteiger partial charge in [-0.25, -0.2) is 0 Å². The Morgan fingerprint density at radius 2 is 0.703 bits per heavy atom. The Morgan fingerprint density at radius 1 is 0.432 bits per heavy atom. The number of rotatable bonds is 8. The fourth-order valence-electron chi connectivity index (χ4n) is 5.50. The molecule has 0 saturated heterocycles. The van der Waals surface area contributed by atoms with Gasteiger partial charge in [0, 0.05) is 0 Å². The van der Waals surface area contributed by atoms with Crippen molar-refractivity contribution in [2.75, 3.05) is 0 Å². The zero-order valence-corrected chi connectivity index (χ0v) is 28.4. The molecule has 0 atom stereocenters. The van der Waals surface area contributed by atoms with Crippen molar-refractivity contribution >= 4 is 26.1 Å². The minimum atomic E-state index is 0.479. The van der Waals surface area contributed by atoms with Crippen LogP contribution in [-0.2, 0) is 0 Å². The third-order valence-corrected chi connectivity index (χ3v) is 9.41. The monoisotopic (exact) mass is 601 g/mol. The van der Waals surface area contributed by atoms with Gasteiger partial charge in [-0.15, -0.1) is 0 Å². The third-order valence-electron chi connectivity index (χ3n) is 7.87. The molecule has 37 heavy (non-hydrogen) atoms. The molecule has 3 radical (unpaired) electrons. The second-order valence-corrected chi connectivity index (χ2v) is 14.2. The maximum atomic E-state index is 2.50. The molecule has 0 aliphatic rings. The number of benzene rings is 3. The second-order valence-electron chi connectivity index (χ2n) is 12.8. The summed E-state index contributed by atoms with van der Waals surface area (Å²) in [6.07, 6.45) is 0. The molecule has 1 heteroatoms. The predicted molar refractivity (Wildman–Crippen MR) is 167 cm³/mol. The van der Waals surface area contributed by atoms with Gasteiger partial charge in [0.05, 0.1) is 0 Å². The van der Waals surface area contributed by atoms with E-state index < -0.39 is 0 Å². The van der Waals surface area contributed by atoms with E-state index in [1.165, 1.54) is 81.7 Å². The molecule has 0 aliphatic heterocycles. The van der Waals surface area contributed by atoms with Crippen molar-refractivity contribution in [1.29, 1.82) is 0 Å². The van der Waals surface area contributed by atoms with Gasteiger partial charge in [0.2, 0.25) is 0 Å². The molecule has 0 unspecified atom stereocenters. The molecule has 0 amide bonds. The van der Waals surface area contributed by atoms with Gasteiger partial charge < -0.3 is 0 Å². The molecule has 0 saturated carbocycles. The fourth-order valence-corrected chi connectivity index (χ4v) is 6.69. The molecule has 3 aromatic rings. The number of hydrogen-bond acceptors (Lipinski definition) is 0. The van der Waals surface area contributed by atoms with E-state index in [9.17, 15) is 0 Å². The van der Waals surface area contributed by atoms with Crippen molar-refractivity contribution < 1.29 is 0 Å². The summed E-state index contributed by atoms with van der Waals surface area (Å²) < 4.78 is 1.50. The average Bonchev–Trinajstić information content (AvgIpc) is 2.82. The first kappa shape index (κ1) is 30.0. The Bertz CT molecular complexity index is 1090. The summed E-state index contributed by atoms with van der Waals surface area (Å²) in [4.78, 5) is 0. The van der Waals surface area contributed by atoms with Crippen molar-refractivity contribution in [3.8, 4) is 22.3 Å². The van der Waals surface area contributed by atoms with Crippen LogP contribution in [0.5, 0.6) is 0 Å². The van der Waals surface area contributed by atoms with E-state index in [1.54, 1.807) is 0 Å². The molecule has 0 aromatic heterocycles. The van der Waals surface area contributed by atoms with Gasteiger partial charge >= 0.3 is 243 Å². The summed E-state index contributed by atoms with van der Waals surface area (Å²) in [5.74, 6) is 2.98. The van der Waals surface area contributed by atoms with E-state index in [1.807, 2.05) is 0 Å². The van der Waals surface area contributed by atoms with Crippen LogP contribution in [-0.4, -0.2) is 22.5 Å². The van der Waals surface area contributed by atoms with E-state index >= 15 is 0 Å². The summed E-state index contributed by atoms with van der Waals surface area (Å²) in [5.41, 5.74) is 14.8. The molecule has 0 fully saturated rings. The van der Waals surface area contributed by atoms with Crippen LogP contribution in [0.15, 0.2) is 42.5 Å². The Kier molecular flexibility index (Phi) is 9.81. The van der Waals surface area contributed by atoms with Crippen molar-refractivity contribution in [3.05, 3.63) is 75.8 Å². The van der Waals surface area contributed by atoms with Gasteiger partial charge in [0.25, 0.3) is 0 Å². The summed E-state index contributed by atoms with van der Waals surface area (Å²) >= 11 is 1.49. The van der Waals surface area contributed by atoms with E-state index in [0.29, 0.717) is 35.5 Å². The zero-order chi connectivity index (χ0) is 27.8. The fraction of sp³-hybridized carbons (Fsp3) is 0.500. The van der Waals surface area contributed by atoms with E-state index in [2.05, 4.69) is 126 Å². The van der Waals surface area contributed by atoms with Gasteiger partial charge in [0.15, 0.2) is 0 Å². The van der Waals surface area contributed by atoms with Crippen LogP contribution in [0, 0.1) is 0 Å². The molecule has 0 nitrogen and oxygen atoms in total. The van der Waals surface area contributed by atoms with Gasteiger partial charge in [-0.3, -0.25) is 0 Å². The van der Waals surface area contributed by atoms with Crippen LogP contribution in [0.1, 0.15) is 152 Å². The molecule has 0 heterocycles. The molecule has 0 bridgehead atoms. The van der Waals surface area contributed by atoms with Crippen LogP contribution >= 0.6 is 0 Å². The Morgan fingerprint density at radius 3 is 0.919 bits per heavy atom. The van der Waals surface area contributed by atoms with Crippen LogP contribution in [0.2, 0.25) is 0 Å². The third kappa shape index (κ3) is 6.21. The quantitative estimate of drug-likeness (QED) is 0.226. The SMILES string of the molecule is CC(C)c1cc(C(C)C)c(-c2cccc(-c3c(C(C)C)cc(C(C)C)cc3C(C)C)[c]2[Sn])c(C(C)C)c1. The first-order chi connectivity index (χ1) is 17.3. The minimum absolute atomic E-state index is 0.479. The Hall–Kier alpha value is -1.54.